The van der Waals surface area contributed by atoms with E-state index in [2.05, 4.69) is 13.8 Å². The van der Waals surface area contributed by atoms with Gasteiger partial charge in [0, 0.05) is 0 Å². The minimum Gasteiger partial charge on any atom is -0.0625 e. The van der Waals surface area contributed by atoms with Gasteiger partial charge in [-0.25, -0.2) is 0 Å². The summed E-state index contributed by atoms with van der Waals surface area (Å²) in [4.78, 5) is 0. The predicted molar refractivity (Wildman–Crippen MR) is 62.2 cm³/mol. The summed E-state index contributed by atoms with van der Waals surface area (Å²) in [5, 5.41) is 0. The van der Waals surface area contributed by atoms with Crippen molar-refractivity contribution in [1.82, 2.24) is 0 Å². The van der Waals surface area contributed by atoms with Gasteiger partial charge in [0.25, 0.3) is 0 Å². The van der Waals surface area contributed by atoms with Gasteiger partial charge < -0.3 is 0 Å². The molecule has 0 saturated heterocycles. The van der Waals surface area contributed by atoms with E-state index in [9.17, 15) is 0 Å². The van der Waals surface area contributed by atoms with Crippen LogP contribution < -0.4 is 0 Å². The number of fused-ring (bicyclic) bond motifs is 1. The van der Waals surface area contributed by atoms with Crippen LogP contribution >= 0.6 is 0 Å². The van der Waals surface area contributed by atoms with Crippen molar-refractivity contribution in [3.8, 4) is 0 Å². The van der Waals surface area contributed by atoms with E-state index < -0.39 is 0 Å². The van der Waals surface area contributed by atoms with Gasteiger partial charge in [0.15, 0.2) is 0 Å². The topological polar surface area (TPSA) is 0 Å². The van der Waals surface area contributed by atoms with Crippen molar-refractivity contribution >= 4 is 0 Å². The summed E-state index contributed by atoms with van der Waals surface area (Å²) in [5.74, 6) is 4.20. The Kier molecular flexibility index (Phi) is 3.52. The van der Waals surface area contributed by atoms with Crippen molar-refractivity contribution in [2.45, 2.75) is 65.2 Å². The second kappa shape index (κ2) is 4.68. The Morgan fingerprint density at radius 1 is 0.786 bits per heavy atom. The van der Waals surface area contributed by atoms with Crippen LogP contribution in [-0.4, -0.2) is 0 Å². The van der Waals surface area contributed by atoms with E-state index in [0.29, 0.717) is 0 Å². The monoisotopic (exact) mass is 194 g/mol. The summed E-state index contributed by atoms with van der Waals surface area (Å²) in [5.41, 5.74) is 0. The first-order chi connectivity index (χ1) is 6.77. The number of hydrogen-bond acceptors (Lipinski definition) is 0. The molecule has 0 aromatic heterocycles. The van der Waals surface area contributed by atoms with Crippen LogP contribution in [0.1, 0.15) is 65.2 Å². The predicted octanol–water partition coefficient (Wildman–Crippen LogP) is 4.64. The molecule has 0 aromatic carbocycles. The maximum Gasteiger partial charge on any atom is -0.0383 e. The molecular weight excluding hydrogens is 168 g/mol. The quantitative estimate of drug-likeness (QED) is 0.570. The molecule has 0 aliphatic heterocycles. The van der Waals surface area contributed by atoms with Gasteiger partial charge in [-0.1, -0.05) is 58.8 Å². The van der Waals surface area contributed by atoms with E-state index in [-0.39, 0.29) is 0 Å². The lowest BCUT2D eigenvalue weighted by molar-refractivity contribution is 0.195. The van der Waals surface area contributed by atoms with E-state index in [1.807, 2.05) is 0 Å². The maximum absolute atomic E-state index is 2.42. The molecule has 0 nitrogen and oxygen atoms in total. The van der Waals surface area contributed by atoms with Crippen LogP contribution in [0.3, 0.4) is 0 Å². The average molecular weight is 194 g/mol. The Morgan fingerprint density at radius 3 is 2.14 bits per heavy atom. The third kappa shape index (κ3) is 2.32. The van der Waals surface area contributed by atoms with Crippen LogP contribution in [0.4, 0.5) is 0 Å². The molecule has 0 aromatic rings. The lowest BCUT2D eigenvalue weighted by atomic mass is 9.74. The fraction of sp³-hybridized carbons (Fsp3) is 1.00. The zero-order chi connectivity index (χ0) is 9.97. The van der Waals surface area contributed by atoms with E-state index in [1.54, 1.807) is 25.7 Å². The van der Waals surface area contributed by atoms with Gasteiger partial charge >= 0.3 is 0 Å². The molecule has 0 heteroatoms. The molecule has 2 rings (SSSR count). The highest BCUT2D eigenvalue weighted by Gasteiger charge is 2.30. The van der Waals surface area contributed by atoms with Gasteiger partial charge in [0.05, 0.1) is 0 Å². The molecule has 82 valence electrons. The normalized spacial score (nSPS) is 39.2. The zero-order valence-corrected chi connectivity index (χ0v) is 9.97. The molecule has 2 aliphatic carbocycles. The van der Waals surface area contributed by atoms with E-state index in [0.717, 1.165) is 23.7 Å². The van der Waals surface area contributed by atoms with E-state index >= 15 is 0 Å². The molecule has 0 N–H and O–H groups in total. The molecule has 2 saturated carbocycles. The first-order valence-corrected chi connectivity index (χ1v) is 6.77. The second-order valence-corrected chi connectivity index (χ2v) is 5.98. The van der Waals surface area contributed by atoms with Crippen LogP contribution in [0.5, 0.6) is 0 Å². The molecule has 14 heavy (non-hydrogen) atoms. The van der Waals surface area contributed by atoms with Crippen molar-refractivity contribution in [2.24, 2.45) is 23.7 Å². The Hall–Kier alpha value is 0. The van der Waals surface area contributed by atoms with E-state index in [4.69, 9.17) is 0 Å². The van der Waals surface area contributed by atoms with Crippen molar-refractivity contribution in [1.29, 1.82) is 0 Å². The molecule has 0 radical (unpaired) electrons. The molecule has 0 bridgehead atoms. The minimum atomic E-state index is 0.927. The lowest BCUT2D eigenvalue weighted by Crippen LogP contribution is -2.21. The van der Waals surface area contributed by atoms with Gasteiger partial charge in [-0.2, -0.15) is 0 Å². The van der Waals surface area contributed by atoms with Gasteiger partial charge in [0.1, 0.15) is 0 Å². The standard InChI is InChI=1S/C14H26/c1-11(2)13-9-5-8-12-6-3-4-7-14(12)10-13/h11-14H,3-10H2,1-2H3. The first-order valence-electron chi connectivity index (χ1n) is 6.77. The molecule has 3 atom stereocenters. The van der Waals surface area contributed by atoms with Crippen LogP contribution in [0.25, 0.3) is 0 Å². The summed E-state index contributed by atoms with van der Waals surface area (Å²) in [6.07, 6.45) is 12.3. The Labute approximate surface area is 89.5 Å². The lowest BCUT2D eigenvalue weighted by Gasteiger charge is -2.32. The summed E-state index contributed by atoms with van der Waals surface area (Å²) in [6, 6.07) is 0. The molecule has 0 heterocycles. The Bertz CT molecular complexity index is 171. The Balaban J connectivity index is 1.96. The highest BCUT2D eigenvalue weighted by Crippen LogP contribution is 2.42. The molecule has 0 spiro atoms. The Morgan fingerprint density at radius 2 is 1.43 bits per heavy atom. The maximum atomic E-state index is 2.42. The second-order valence-electron chi connectivity index (χ2n) is 5.98. The molecule has 0 amide bonds. The molecular formula is C14H26. The summed E-state index contributed by atoms with van der Waals surface area (Å²) < 4.78 is 0. The van der Waals surface area contributed by atoms with Gasteiger partial charge in [-0.15, -0.1) is 0 Å². The van der Waals surface area contributed by atoms with Crippen LogP contribution in [0, 0.1) is 23.7 Å². The summed E-state index contributed by atoms with van der Waals surface area (Å²) >= 11 is 0. The van der Waals surface area contributed by atoms with Crippen molar-refractivity contribution < 1.29 is 0 Å². The van der Waals surface area contributed by atoms with Crippen molar-refractivity contribution in [3.05, 3.63) is 0 Å². The fourth-order valence-electron chi connectivity index (χ4n) is 3.73. The van der Waals surface area contributed by atoms with Crippen LogP contribution in [0.2, 0.25) is 0 Å². The van der Waals surface area contributed by atoms with Crippen LogP contribution in [0.15, 0.2) is 0 Å². The van der Waals surface area contributed by atoms with Gasteiger partial charge in [-0.3, -0.25) is 0 Å². The zero-order valence-electron chi connectivity index (χ0n) is 9.97. The van der Waals surface area contributed by atoms with E-state index in [1.165, 1.54) is 25.7 Å². The summed E-state index contributed by atoms with van der Waals surface area (Å²) in [6.45, 7) is 4.85. The smallest absolute Gasteiger partial charge is 0.0383 e. The third-order valence-electron chi connectivity index (χ3n) is 4.76. The highest BCUT2D eigenvalue weighted by molar-refractivity contribution is 4.82. The summed E-state index contributed by atoms with van der Waals surface area (Å²) in [7, 11) is 0. The average Bonchev–Trinajstić information content (AvgIpc) is 2.39. The highest BCUT2D eigenvalue weighted by atomic mass is 14.4. The minimum absolute atomic E-state index is 0.927. The molecule has 2 aliphatic rings. The number of rotatable bonds is 1. The molecule has 2 fully saturated rings. The van der Waals surface area contributed by atoms with Gasteiger partial charge in [0.2, 0.25) is 0 Å². The van der Waals surface area contributed by atoms with Crippen molar-refractivity contribution in [3.63, 3.8) is 0 Å². The van der Waals surface area contributed by atoms with Crippen molar-refractivity contribution in [2.75, 3.05) is 0 Å². The third-order valence-corrected chi connectivity index (χ3v) is 4.76. The number of hydrogen-bond donors (Lipinski definition) is 0. The fourth-order valence-corrected chi connectivity index (χ4v) is 3.73. The molecule has 3 unspecified atom stereocenters. The largest absolute Gasteiger partial charge is 0.0625 e. The van der Waals surface area contributed by atoms with Gasteiger partial charge in [-0.05, 0) is 30.1 Å². The SMILES string of the molecule is CC(C)C1CCCC2CCCCC2C1. The van der Waals surface area contributed by atoms with Crippen LogP contribution in [-0.2, 0) is 0 Å². The first kappa shape index (κ1) is 10.5.